The summed E-state index contributed by atoms with van der Waals surface area (Å²) in [6.45, 7) is 9.58. The molecule has 0 radical (unpaired) electrons. The van der Waals surface area contributed by atoms with Crippen molar-refractivity contribution in [2.24, 2.45) is 5.16 Å². The minimum absolute atomic E-state index is 0.389. The van der Waals surface area contributed by atoms with E-state index in [0.29, 0.717) is 19.1 Å². The molecule has 0 aliphatic carbocycles. The summed E-state index contributed by atoms with van der Waals surface area (Å²) in [5, 5.41) is 3.83. The molecule has 0 saturated heterocycles. The van der Waals surface area contributed by atoms with E-state index < -0.39 is 0 Å². The van der Waals surface area contributed by atoms with Crippen molar-refractivity contribution in [3.63, 3.8) is 0 Å². The molecule has 0 saturated carbocycles. The van der Waals surface area contributed by atoms with Gasteiger partial charge in [-0.15, -0.1) is 0 Å². The van der Waals surface area contributed by atoms with Crippen LogP contribution in [0.25, 0.3) is 0 Å². The molecule has 0 fully saturated rings. The quantitative estimate of drug-likeness (QED) is 0.296. The topological polar surface area (TPSA) is 40.0 Å². The van der Waals surface area contributed by atoms with Gasteiger partial charge < -0.3 is 14.3 Å². The van der Waals surface area contributed by atoms with Gasteiger partial charge in [0.1, 0.15) is 25.2 Å². The van der Waals surface area contributed by atoms with E-state index in [1.807, 2.05) is 43.3 Å². The summed E-state index contributed by atoms with van der Waals surface area (Å²) in [5.41, 5.74) is 4.50. The van der Waals surface area contributed by atoms with E-state index in [1.54, 1.807) is 13.3 Å². The van der Waals surface area contributed by atoms with Crippen molar-refractivity contribution in [1.29, 1.82) is 0 Å². The molecule has 2 rings (SSSR count). The molecule has 0 bridgehead atoms. The van der Waals surface area contributed by atoms with Gasteiger partial charge in [0.25, 0.3) is 0 Å². The monoisotopic (exact) mass is 381 g/mol. The van der Waals surface area contributed by atoms with Gasteiger partial charge in [-0.05, 0) is 73.6 Å². The van der Waals surface area contributed by atoms with Crippen molar-refractivity contribution < 1.29 is 14.3 Å². The van der Waals surface area contributed by atoms with E-state index in [-0.39, 0.29) is 0 Å². The molecule has 150 valence electrons. The highest BCUT2D eigenvalue weighted by molar-refractivity contribution is 5.79. The van der Waals surface area contributed by atoms with Crippen LogP contribution in [0.15, 0.2) is 53.7 Å². The smallest absolute Gasteiger partial charge is 0.125 e. The maximum absolute atomic E-state index is 6.12. The van der Waals surface area contributed by atoms with E-state index >= 15 is 0 Å². The lowest BCUT2D eigenvalue weighted by atomic mass is 9.96. The summed E-state index contributed by atoms with van der Waals surface area (Å²) in [7, 11) is 1.55. The van der Waals surface area contributed by atoms with Crippen molar-refractivity contribution in [3.8, 4) is 11.5 Å². The Labute approximate surface area is 168 Å². The first-order chi connectivity index (χ1) is 13.5. The zero-order valence-corrected chi connectivity index (χ0v) is 17.6. The van der Waals surface area contributed by atoms with E-state index in [0.717, 1.165) is 34.6 Å². The lowest BCUT2D eigenvalue weighted by molar-refractivity contribution is 0.215. The third-order valence-corrected chi connectivity index (χ3v) is 4.60. The number of nitrogens with zero attached hydrogens (tertiary/aromatic N) is 1. The second kappa shape index (κ2) is 11.2. The van der Waals surface area contributed by atoms with Gasteiger partial charge in [-0.2, -0.15) is 0 Å². The Balaban J connectivity index is 1.94. The van der Waals surface area contributed by atoms with E-state index in [1.165, 1.54) is 5.56 Å². The Kier molecular flexibility index (Phi) is 8.60. The minimum Gasteiger partial charge on any atom is -0.493 e. The lowest BCUT2D eigenvalue weighted by Crippen LogP contribution is -2.06. The highest BCUT2D eigenvalue weighted by Gasteiger charge is 2.10. The third-order valence-electron chi connectivity index (χ3n) is 4.60. The van der Waals surface area contributed by atoms with Crippen LogP contribution in [-0.4, -0.2) is 26.5 Å². The SMILES string of the molecule is C/C=C/COc1cc(C)c(OCCC(C)c2cccc(/C=N/OC)c2)c(C)c1. The van der Waals surface area contributed by atoms with Gasteiger partial charge in [-0.3, -0.25) is 0 Å². The Morgan fingerprint density at radius 2 is 1.82 bits per heavy atom. The zero-order valence-electron chi connectivity index (χ0n) is 17.6. The highest BCUT2D eigenvalue weighted by atomic mass is 16.6. The van der Waals surface area contributed by atoms with Crippen LogP contribution in [0.1, 0.15) is 48.4 Å². The van der Waals surface area contributed by atoms with Crippen LogP contribution in [0.5, 0.6) is 11.5 Å². The van der Waals surface area contributed by atoms with Crippen LogP contribution < -0.4 is 9.47 Å². The van der Waals surface area contributed by atoms with E-state index in [4.69, 9.17) is 14.3 Å². The van der Waals surface area contributed by atoms with Crippen LogP contribution in [0, 0.1) is 13.8 Å². The molecule has 0 aromatic heterocycles. The molecule has 1 unspecified atom stereocenters. The molecule has 0 spiro atoms. The predicted molar refractivity (Wildman–Crippen MR) is 116 cm³/mol. The molecule has 0 amide bonds. The number of rotatable bonds is 10. The van der Waals surface area contributed by atoms with Crippen molar-refractivity contribution in [2.45, 2.75) is 40.0 Å². The average molecular weight is 382 g/mol. The molecular weight excluding hydrogens is 350 g/mol. The number of oxime groups is 1. The summed E-state index contributed by atoms with van der Waals surface area (Å²) in [5.74, 6) is 2.22. The van der Waals surface area contributed by atoms with Crippen molar-refractivity contribution in [3.05, 3.63) is 70.8 Å². The summed E-state index contributed by atoms with van der Waals surface area (Å²) in [6, 6.07) is 12.4. The van der Waals surface area contributed by atoms with Crippen LogP contribution in [0.2, 0.25) is 0 Å². The molecule has 1 atom stereocenters. The number of hydrogen-bond acceptors (Lipinski definition) is 4. The number of aryl methyl sites for hydroxylation is 2. The summed E-state index contributed by atoms with van der Waals surface area (Å²) >= 11 is 0. The Bertz CT molecular complexity index is 788. The van der Waals surface area contributed by atoms with E-state index in [2.05, 4.69) is 38.1 Å². The molecule has 0 N–H and O–H groups in total. The standard InChI is InChI=1S/C24H31NO3/c1-6-7-12-27-23-14-19(3)24(20(4)15-23)28-13-11-18(2)22-10-8-9-21(16-22)17-25-26-5/h6-10,14-18H,11-13H2,1-5H3/b7-6+,25-17+. The second-order valence-corrected chi connectivity index (χ2v) is 6.89. The average Bonchev–Trinajstić information content (AvgIpc) is 2.68. The minimum atomic E-state index is 0.389. The van der Waals surface area contributed by atoms with Gasteiger partial charge in [0.2, 0.25) is 0 Å². The van der Waals surface area contributed by atoms with Crippen LogP contribution in [-0.2, 0) is 4.84 Å². The fraction of sp³-hybridized carbons (Fsp3) is 0.375. The largest absolute Gasteiger partial charge is 0.493 e. The van der Waals surface area contributed by atoms with Crippen molar-refractivity contribution >= 4 is 6.21 Å². The molecule has 4 heteroatoms. The fourth-order valence-electron chi connectivity index (χ4n) is 3.03. The Morgan fingerprint density at radius 1 is 1.07 bits per heavy atom. The molecule has 28 heavy (non-hydrogen) atoms. The second-order valence-electron chi connectivity index (χ2n) is 6.89. The summed E-state index contributed by atoms with van der Waals surface area (Å²) < 4.78 is 11.9. The number of benzene rings is 2. The zero-order chi connectivity index (χ0) is 20.4. The maximum atomic E-state index is 6.12. The first-order valence-corrected chi connectivity index (χ1v) is 9.69. The lowest BCUT2D eigenvalue weighted by Gasteiger charge is -2.17. The normalized spacial score (nSPS) is 12.5. The first-order valence-electron chi connectivity index (χ1n) is 9.69. The predicted octanol–water partition coefficient (Wildman–Crippen LogP) is 5.81. The maximum Gasteiger partial charge on any atom is 0.125 e. The van der Waals surface area contributed by atoms with Gasteiger partial charge in [0.05, 0.1) is 12.8 Å². The van der Waals surface area contributed by atoms with Gasteiger partial charge in [0.15, 0.2) is 0 Å². The molecule has 0 aliphatic heterocycles. The Hall–Kier alpha value is -2.75. The first kappa shape index (κ1) is 21.5. The number of allylic oxidation sites excluding steroid dienone is 1. The summed E-state index contributed by atoms with van der Waals surface area (Å²) in [6.07, 6.45) is 6.63. The van der Waals surface area contributed by atoms with Gasteiger partial charge in [-0.25, -0.2) is 0 Å². The fourth-order valence-corrected chi connectivity index (χ4v) is 3.03. The van der Waals surface area contributed by atoms with Crippen LogP contribution >= 0.6 is 0 Å². The van der Waals surface area contributed by atoms with Crippen molar-refractivity contribution in [2.75, 3.05) is 20.3 Å². The number of ether oxygens (including phenoxy) is 2. The van der Waals surface area contributed by atoms with Crippen molar-refractivity contribution in [1.82, 2.24) is 0 Å². The number of hydrogen-bond donors (Lipinski definition) is 0. The van der Waals surface area contributed by atoms with Crippen LogP contribution in [0.3, 0.4) is 0 Å². The third kappa shape index (κ3) is 6.45. The molecule has 2 aromatic rings. The highest BCUT2D eigenvalue weighted by Crippen LogP contribution is 2.29. The molecule has 4 nitrogen and oxygen atoms in total. The molecule has 2 aromatic carbocycles. The van der Waals surface area contributed by atoms with Crippen LogP contribution in [0.4, 0.5) is 0 Å². The van der Waals surface area contributed by atoms with Gasteiger partial charge >= 0.3 is 0 Å². The summed E-state index contributed by atoms with van der Waals surface area (Å²) in [4.78, 5) is 4.76. The molecule has 0 aliphatic rings. The Morgan fingerprint density at radius 3 is 2.50 bits per heavy atom. The van der Waals surface area contributed by atoms with Gasteiger partial charge in [0, 0.05) is 0 Å². The van der Waals surface area contributed by atoms with Gasteiger partial charge in [-0.1, -0.05) is 42.4 Å². The van der Waals surface area contributed by atoms with E-state index in [9.17, 15) is 0 Å². The molecular formula is C24H31NO3. The molecule has 0 heterocycles.